The summed E-state index contributed by atoms with van der Waals surface area (Å²) < 4.78 is 23.0. The molecule has 1 unspecified atom stereocenters. The fourth-order valence-corrected chi connectivity index (χ4v) is 4.74. The maximum atomic E-state index is 11.5. The second kappa shape index (κ2) is 4.57. The van der Waals surface area contributed by atoms with Crippen LogP contribution in [0.4, 0.5) is 0 Å². The lowest BCUT2D eigenvalue weighted by molar-refractivity contribution is -0.144. The fourth-order valence-electron chi connectivity index (χ4n) is 2.83. The normalized spacial score (nSPS) is 33.6. The summed E-state index contributed by atoms with van der Waals surface area (Å²) in [6.45, 7) is 0. The van der Waals surface area contributed by atoms with Gasteiger partial charge in [0.1, 0.15) is 5.54 Å². The van der Waals surface area contributed by atoms with Gasteiger partial charge in [-0.05, 0) is 19.3 Å². The smallest absolute Gasteiger partial charge is 0.325 e. The summed E-state index contributed by atoms with van der Waals surface area (Å²) in [6, 6.07) is 0.160. The molecule has 1 atom stereocenters. The van der Waals surface area contributed by atoms with Gasteiger partial charge in [-0.2, -0.15) is 0 Å². The zero-order valence-electron chi connectivity index (χ0n) is 9.81. The SMILES string of the molecule is O=C(O)C1(NC2CCCCC2)CCS(=O)(=O)C1. The van der Waals surface area contributed by atoms with E-state index in [1.807, 2.05) is 0 Å². The van der Waals surface area contributed by atoms with Crippen LogP contribution in [0.15, 0.2) is 0 Å². The van der Waals surface area contributed by atoms with E-state index < -0.39 is 21.3 Å². The van der Waals surface area contributed by atoms with Crippen LogP contribution >= 0.6 is 0 Å². The quantitative estimate of drug-likeness (QED) is 0.775. The van der Waals surface area contributed by atoms with Crippen molar-refractivity contribution in [2.24, 2.45) is 0 Å². The second-order valence-electron chi connectivity index (χ2n) is 5.21. The van der Waals surface area contributed by atoms with Crippen molar-refractivity contribution in [3.63, 3.8) is 0 Å². The summed E-state index contributed by atoms with van der Waals surface area (Å²) in [5, 5.41) is 12.4. The van der Waals surface area contributed by atoms with E-state index in [-0.39, 0.29) is 24.0 Å². The van der Waals surface area contributed by atoms with E-state index in [1.165, 1.54) is 6.42 Å². The molecule has 2 aliphatic rings. The molecule has 1 saturated heterocycles. The maximum Gasteiger partial charge on any atom is 0.325 e. The van der Waals surface area contributed by atoms with E-state index in [4.69, 9.17) is 0 Å². The van der Waals surface area contributed by atoms with Crippen molar-refractivity contribution >= 4 is 15.8 Å². The molecule has 0 radical (unpaired) electrons. The minimum atomic E-state index is -3.19. The van der Waals surface area contributed by atoms with Gasteiger partial charge in [0.15, 0.2) is 9.84 Å². The number of hydrogen-bond donors (Lipinski definition) is 2. The molecule has 0 aromatic heterocycles. The molecule has 17 heavy (non-hydrogen) atoms. The number of nitrogens with one attached hydrogen (secondary N) is 1. The Morgan fingerprint density at radius 3 is 2.35 bits per heavy atom. The lowest BCUT2D eigenvalue weighted by Gasteiger charge is -2.32. The molecular weight excluding hydrogens is 242 g/mol. The van der Waals surface area contributed by atoms with Crippen LogP contribution in [0.1, 0.15) is 38.5 Å². The van der Waals surface area contributed by atoms with E-state index in [0.717, 1.165) is 25.7 Å². The highest BCUT2D eigenvalue weighted by Crippen LogP contribution is 2.27. The third kappa shape index (κ3) is 2.80. The number of carboxylic acid groups (broad SMARTS) is 1. The lowest BCUT2D eigenvalue weighted by Crippen LogP contribution is -2.57. The molecule has 1 aliphatic carbocycles. The monoisotopic (exact) mass is 261 g/mol. The van der Waals surface area contributed by atoms with Crippen molar-refractivity contribution in [3.8, 4) is 0 Å². The van der Waals surface area contributed by atoms with Crippen LogP contribution in [0, 0.1) is 0 Å². The summed E-state index contributed by atoms with van der Waals surface area (Å²) in [4.78, 5) is 11.4. The molecule has 2 N–H and O–H groups in total. The summed E-state index contributed by atoms with van der Waals surface area (Å²) >= 11 is 0. The first-order chi connectivity index (χ1) is 7.94. The van der Waals surface area contributed by atoms with Crippen molar-refractivity contribution in [2.45, 2.75) is 50.1 Å². The van der Waals surface area contributed by atoms with Crippen molar-refractivity contribution in [1.29, 1.82) is 0 Å². The van der Waals surface area contributed by atoms with E-state index in [0.29, 0.717) is 0 Å². The Labute approximate surface area is 102 Å². The number of sulfone groups is 1. The van der Waals surface area contributed by atoms with Gasteiger partial charge in [0.2, 0.25) is 0 Å². The topological polar surface area (TPSA) is 83.5 Å². The number of carbonyl (C=O) groups is 1. The van der Waals surface area contributed by atoms with Crippen LogP contribution in [0.25, 0.3) is 0 Å². The summed E-state index contributed by atoms with van der Waals surface area (Å²) in [7, 11) is -3.19. The number of hydrogen-bond acceptors (Lipinski definition) is 4. The van der Waals surface area contributed by atoms with Gasteiger partial charge in [0.05, 0.1) is 11.5 Å². The molecular formula is C11H19NO4S. The van der Waals surface area contributed by atoms with Crippen molar-refractivity contribution in [1.82, 2.24) is 5.32 Å². The van der Waals surface area contributed by atoms with Crippen molar-refractivity contribution in [2.75, 3.05) is 11.5 Å². The zero-order valence-corrected chi connectivity index (χ0v) is 10.6. The highest BCUT2D eigenvalue weighted by Gasteiger charge is 2.49. The molecule has 1 aliphatic heterocycles. The number of aliphatic carboxylic acids is 1. The van der Waals surface area contributed by atoms with Crippen LogP contribution < -0.4 is 5.32 Å². The molecule has 2 fully saturated rings. The van der Waals surface area contributed by atoms with Crippen LogP contribution in [0.3, 0.4) is 0 Å². The Bertz CT molecular complexity index is 400. The third-order valence-corrected chi connectivity index (χ3v) is 5.56. The number of carboxylic acids is 1. The Kier molecular flexibility index (Phi) is 3.45. The van der Waals surface area contributed by atoms with Crippen molar-refractivity contribution in [3.05, 3.63) is 0 Å². The first-order valence-electron chi connectivity index (χ1n) is 6.15. The van der Waals surface area contributed by atoms with Gasteiger partial charge in [0.25, 0.3) is 0 Å². The van der Waals surface area contributed by atoms with Crippen LogP contribution in [0.2, 0.25) is 0 Å². The Morgan fingerprint density at radius 2 is 1.88 bits per heavy atom. The standard InChI is InChI=1S/C11H19NO4S/c13-10(14)11(6-7-17(15,16)8-11)12-9-4-2-1-3-5-9/h9,12H,1-8H2,(H,13,14). The molecule has 6 heteroatoms. The minimum Gasteiger partial charge on any atom is -0.480 e. The third-order valence-electron chi connectivity index (χ3n) is 3.80. The maximum absolute atomic E-state index is 11.5. The number of rotatable bonds is 3. The Morgan fingerprint density at radius 1 is 1.24 bits per heavy atom. The summed E-state index contributed by atoms with van der Waals surface area (Å²) in [5.41, 5.74) is -1.24. The minimum absolute atomic E-state index is 0.0149. The van der Waals surface area contributed by atoms with E-state index in [2.05, 4.69) is 5.32 Å². The molecule has 5 nitrogen and oxygen atoms in total. The first kappa shape index (κ1) is 12.8. The second-order valence-corrected chi connectivity index (χ2v) is 7.39. The lowest BCUT2D eigenvalue weighted by atomic mass is 9.91. The summed E-state index contributed by atoms with van der Waals surface area (Å²) in [6.07, 6.45) is 5.49. The van der Waals surface area contributed by atoms with Crippen LogP contribution in [-0.4, -0.2) is 42.6 Å². The molecule has 1 heterocycles. The van der Waals surface area contributed by atoms with Crippen LogP contribution in [0.5, 0.6) is 0 Å². The van der Waals surface area contributed by atoms with Gasteiger partial charge in [-0.15, -0.1) is 0 Å². The molecule has 0 aromatic rings. The molecule has 1 saturated carbocycles. The summed E-state index contributed by atoms with van der Waals surface area (Å²) in [5.74, 6) is -1.30. The van der Waals surface area contributed by atoms with Gasteiger partial charge < -0.3 is 5.11 Å². The predicted octanol–water partition coefficient (Wildman–Crippen LogP) is 0.551. The highest BCUT2D eigenvalue weighted by atomic mass is 32.2. The average molecular weight is 261 g/mol. The molecule has 0 amide bonds. The Hall–Kier alpha value is -0.620. The van der Waals surface area contributed by atoms with Gasteiger partial charge in [-0.1, -0.05) is 19.3 Å². The predicted molar refractivity (Wildman–Crippen MR) is 63.6 cm³/mol. The van der Waals surface area contributed by atoms with E-state index >= 15 is 0 Å². The van der Waals surface area contributed by atoms with E-state index in [9.17, 15) is 18.3 Å². The van der Waals surface area contributed by atoms with Gasteiger partial charge in [-0.25, -0.2) is 8.42 Å². The van der Waals surface area contributed by atoms with Crippen LogP contribution in [-0.2, 0) is 14.6 Å². The highest BCUT2D eigenvalue weighted by molar-refractivity contribution is 7.91. The largest absolute Gasteiger partial charge is 0.480 e. The zero-order chi connectivity index (χ0) is 12.5. The molecule has 0 bridgehead atoms. The molecule has 0 aromatic carbocycles. The van der Waals surface area contributed by atoms with Gasteiger partial charge >= 0.3 is 5.97 Å². The molecule has 2 rings (SSSR count). The van der Waals surface area contributed by atoms with Gasteiger partial charge in [-0.3, -0.25) is 10.1 Å². The Balaban J connectivity index is 2.10. The van der Waals surface area contributed by atoms with E-state index in [1.54, 1.807) is 0 Å². The average Bonchev–Trinajstić information content (AvgIpc) is 2.57. The fraction of sp³-hybridized carbons (Fsp3) is 0.909. The molecule has 0 spiro atoms. The van der Waals surface area contributed by atoms with Gasteiger partial charge in [0, 0.05) is 6.04 Å². The molecule has 98 valence electrons. The first-order valence-corrected chi connectivity index (χ1v) is 7.97. The van der Waals surface area contributed by atoms with Crippen molar-refractivity contribution < 1.29 is 18.3 Å².